The fraction of sp³-hybridized carbons (Fsp3) is 0.500. The van der Waals surface area contributed by atoms with Gasteiger partial charge in [-0.1, -0.05) is 18.6 Å². The van der Waals surface area contributed by atoms with Crippen molar-refractivity contribution in [2.75, 3.05) is 23.7 Å². The molecule has 1 heterocycles. The van der Waals surface area contributed by atoms with Crippen LogP contribution in [0.1, 0.15) is 37.7 Å². The van der Waals surface area contributed by atoms with Crippen molar-refractivity contribution in [3.63, 3.8) is 0 Å². The van der Waals surface area contributed by atoms with Crippen LogP contribution < -0.4 is 10.6 Å². The monoisotopic (exact) mass is 244 g/mol. The fourth-order valence-corrected chi connectivity index (χ4v) is 2.73. The highest BCUT2D eigenvalue weighted by Crippen LogP contribution is 2.31. The number of anilines is 2. The summed E-state index contributed by atoms with van der Waals surface area (Å²) in [5, 5.41) is 0. The number of allylic oxidation sites excluding steroid dienone is 1. The zero-order chi connectivity index (χ0) is 12.8. The van der Waals surface area contributed by atoms with Crippen molar-refractivity contribution in [2.24, 2.45) is 0 Å². The molecule has 2 nitrogen and oxygen atoms in total. The smallest absolute Gasteiger partial charge is 0.0419 e. The number of hydrogen-bond donors (Lipinski definition) is 1. The molecular formula is C16H24N2. The first-order valence-corrected chi connectivity index (χ1v) is 7.06. The topological polar surface area (TPSA) is 29.3 Å². The molecule has 1 aliphatic heterocycles. The van der Waals surface area contributed by atoms with Crippen LogP contribution in [0.25, 0.3) is 0 Å². The Kier molecular flexibility index (Phi) is 4.68. The summed E-state index contributed by atoms with van der Waals surface area (Å²) >= 11 is 0. The van der Waals surface area contributed by atoms with Crippen molar-refractivity contribution in [3.05, 3.63) is 36.4 Å². The summed E-state index contributed by atoms with van der Waals surface area (Å²) in [5.41, 5.74) is 9.74. The summed E-state index contributed by atoms with van der Waals surface area (Å²) in [6, 6.07) is 6.31. The molecule has 0 fully saturated rings. The van der Waals surface area contributed by atoms with Gasteiger partial charge >= 0.3 is 0 Å². The van der Waals surface area contributed by atoms with E-state index in [2.05, 4.69) is 23.6 Å². The second-order valence-corrected chi connectivity index (χ2v) is 5.07. The molecule has 0 aromatic heterocycles. The summed E-state index contributed by atoms with van der Waals surface area (Å²) < 4.78 is 0. The van der Waals surface area contributed by atoms with Crippen LogP contribution in [0.4, 0.5) is 11.4 Å². The Hall–Kier alpha value is -1.44. The first-order valence-electron chi connectivity index (χ1n) is 7.06. The molecule has 1 aromatic rings. The third kappa shape index (κ3) is 3.06. The Labute approximate surface area is 110 Å². The van der Waals surface area contributed by atoms with Gasteiger partial charge in [-0.15, -0.1) is 6.58 Å². The quantitative estimate of drug-likeness (QED) is 0.469. The van der Waals surface area contributed by atoms with Crippen LogP contribution in [-0.2, 0) is 6.42 Å². The Morgan fingerprint density at radius 3 is 3.00 bits per heavy atom. The SMILES string of the molecule is C=CCCCCCN1CCCc2c(N)cccc21. The summed E-state index contributed by atoms with van der Waals surface area (Å²) in [4.78, 5) is 2.50. The predicted molar refractivity (Wildman–Crippen MR) is 80.1 cm³/mol. The third-order valence-electron chi connectivity index (χ3n) is 3.72. The van der Waals surface area contributed by atoms with Crippen molar-refractivity contribution < 1.29 is 0 Å². The molecule has 0 amide bonds. The van der Waals surface area contributed by atoms with E-state index in [0.29, 0.717) is 0 Å². The van der Waals surface area contributed by atoms with E-state index in [0.717, 1.165) is 25.1 Å². The van der Waals surface area contributed by atoms with Crippen LogP contribution in [0.5, 0.6) is 0 Å². The second-order valence-electron chi connectivity index (χ2n) is 5.07. The average molecular weight is 244 g/mol. The number of nitrogens with zero attached hydrogens (tertiary/aromatic N) is 1. The van der Waals surface area contributed by atoms with Gasteiger partial charge in [-0.2, -0.15) is 0 Å². The van der Waals surface area contributed by atoms with Gasteiger partial charge in [-0.25, -0.2) is 0 Å². The summed E-state index contributed by atoms with van der Waals surface area (Å²) in [7, 11) is 0. The molecule has 0 spiro atoms. The molecule has 0 aliphatic carbocycles. The van der Waals surface area contributed by atoms with Crippen molar-refractivity contribution >= 4 is 11.4 Å². The summed E-state index contributed by atoms with van der Waals surface area (Å²) in [5.74, 6) is 0. The highest BCUT2D eigenvalue weighted by atomic mass is 15.1. The molecule has 0 unspecified atom stereocenters. The number of nitrogens with two attached hydrogens (primary N) is 1. The van der Waals surface area contributed by atoms with E-state index in [-0.39, 0.29) is 0 Å². The number of fused-ring (bicyclic) bond motifs is 1. The Bertz CT molecular complexity index is 398. The summed E-state index contributed by atoms with van der Waals surface area (Å²) in [6.45, 7) is 6.10. The van der Waals surface area contributed by atoms with Gasteiger partial charge < -0.3 is 10.6 Å². The van der Waals surface area contributed by atoms with E-state index in [1.165, 1.54) is 43.5 Å². The van der Waals surface area contributed by atoms with E-state index in [4.69, 9.17) is 5.73 Å². The number of unbranched alkanes of at least 4 members (excludes halogenated alkanes) is 3. The standard InChI is InChI=1S/C16H24N2/c1-2-3-4-5-6-12-18-13-8-9-14-15(17)10-7-11-16(14)18/h2,7,10-11H,1,3-6,8-9,12-13,17H2. The largest absolute Gasteiger partial charge is 0.398 e. The van der Waals surface area contributed by atoms with Crippen LogP contribution in [0.15, 0.2) is 30.9 Å². The van der Waals surface area contributed by atoms with Crippen molar-refractivity contribution in [3.8, 4) is 0 Å². The van der Waals surface area contributed by atoms with Gasteiger partial charge in [0.05, 0.1) is 0 Å². The fourth-order valence-electron chi connectivity index (χ4n) is 2.73. The van der Waals surface area contributed by atoms with Gasteiger partial charge in [0.1, 0.15) is 0 Å². The maximum atomic E-state index is 6.06. The normalized spacial score (nSPS) is 14.3. The maximum Gasteiger partial charge on any atom is 0.0419 e. The maximum absolute atomic E-state index is 6.06. The van der Waals surface area contributed by atoms with E-state index in [1.807, 2.05) is 12.1 Å². The lowest BCUT2D eigenvalue weighted by atomic mass is 9.99. The number of nitrogen functional groups attached to an aromatic ring is 1. The number of hydrogen-bond acceptors (Lipinski definition) is 2. The minimum atomic E-state index is 0.962. The number of benzene rings is 1. The van der Waals surface area contributed by atoms with E-state index >= 15 is 0 Å². The lowest BCUT2D eigenvalue weighted by molar-refractivity contribution is 0.628. The van der Waals surface area contributed by atoms with Crippen molar-refractivity contribution in [2.45, 2.75) is 38.5 Å². The van der Waals surface area contributed by atoms with Gasteiger partial charge in [0.15, 0.2) is 0 Å². The highest BCUT2D eigenvalue weighted by Gasteiger charge is 2.17. The molecule has 0 atom stereocenters. The molecule has 18 heavy (non-hydrogen) atoms. The van der Waals surface area contributed by atoms with Crippen molar-refractivity contribution in [1.29, 1.82) is 0 Å². The van der Waals surface area contributed by atoms with Crippen LogP contribution in [0.3, 0.4) is 0 Å². The Morgan fingerprint density at radius 2 is 2.17 bits per heavy atom. The minimum absolute atomic E-state index is 0.962. The van der Waals surface area contributed by atoms with Crippen molar-refractivity contribution in [1.82, 2.24) is 0 Å². The van der Waals surface area contributed by atoms with Gasteiger partial charge in [-0.3, -0.25) is 0 Å². The van der Waals surface area contributed by atoms with Crippen LogP contribution in [0.2, 0.25) is 0 Å². The molecule has 1 aliphatic rings. The molecule has 0 saturated carbocycles. The van der Waals surface area contributed by atoms with Gasteiger partial charge in [-0.05, 0) is 49.8 Å². The molecule has 0 saturated heterocycles. The molecule has 0 bridgehead atoms. The van der Waals surface area contributed by atoms with Crippen LogP contribution in [-0.4, -0.2) is 13.1 Å². The van der Waals surface area contributed by atoms with Crippen LogP contribution >= 0.6 is 0 Å². The first-order chi connectivity index (χ1) is 8.83. The molecular weight excluding hydrogens is 220 g/mol. The van der Waals surface area contributed by atoms with E-state index < -0.39 is 0 Å². The molecule has 2 heteroatoms. The van der Waals surface area contributed by atoms with Gasteiger partial charge in [0.2, 0.25) is 0 Å². The first kappa shape index (κ1) is 13.0. The molecule has 1 aromatic carbocycles. The minimum Gasteiger partial charge on any atom is -0.398 e. The zero-order valence-electron chi connectivity index (χ0n) is 11.2. The highest BCUT2D eigenvalue weighted by molar-refractivity contribution is 5.66. The molecule has 2 rings (SSSR count). The van der Waals surface area contributed by atoms with Gasteiger partial charge in [0, 0.05) is 24.5 Å². The van der Waals surface area contributed by atoms with Crippen LogP contribution in [0, 0.1) is 0 Å². The van der Waals surface area contributed by atoms with E-state index in [1.54, 1.807) is 0 Å². The van der Waals surface area contributed by atoms with Gasteiger partial charge in [0.25, 0.3) is 0 Å². The predicted octanol–water partition coefficient (Wildman–Crippen LogP) is 3.77. The third-order valence-corrected chi connectivity index (χ3v) is 3.72. The molecule has 98 valence electrons. The average Bonchev–Trinajstić information content (AvgIpc) is 2.39. The zero-order valence-corrected chi connectivity index (χ0v) is 11.2. The lowest BCUT2D eigenvalue weighted by Gasteiger charge is -2.32. The Morgan fingerprint density at radius 1 is 1.28 bits per heavy atom. The summed E-state index contributed by atoms with van der Waals surface area (Å²) in [6.07, 6.45) is 9.34. The second kappa shape index (κ2) is 6.48. The number of rotatable bonds is 6. The molecule has 0 radical (unpaired) electrons. The Balaban J connectivity index is 1.91. The van der Waals surface area contributed by atoms with E-state index in [9.17, 15) is 0 Å². The lowest BCUT2D eigenvalue weighted by Crippen LogP contribution is -2.30. The molecule has 2 N–H and O–H groups in total.